The van der Waals surface area contributed by atoms with Gasteiger partial charge >= 0.3 is 0 Å². The average molecular weight is 215 g/mol. The molecule has 0 saturated heterocycles. The van der Waals surface area contributed by atoms with Gasteiger partial charge in [-0.2, -0.15) is 0 Å². The third-order valence-electron chi connectivity index (χ3n) is 2.75. The first kappa shape index (κ1) is 14.9. The van der Waals surface area contributed by atoms with E-state index in [4.69, 9.17) is 5.11 Å². The minimum absolute atomic E-state index is 0.337. The van der Waals surface area contributed by atoms with Crippen molar-refractivity contribution in [2.45, 2.75) is 65.3 Å². The Hall–Kier alpha value is -0.0800. The first-order valence-electron chi connectivity index (χ1n) is 6.51. The van der Waals surface area contributed by atoms with Crippen LogP contribution < -0.4 is 5.32 Å². The van der Waals surface area contributed by atoms with E-state index in [9.17, 15) is 0 Å². The van der Waals surface area contributed by atoms with Gasteiger partial charge < -0.3 is 10.4 Å². The lowest BCUT2D eigenvalue weighted by Gasteiger charge is -2.14. The smallest absolute Gasteiger partial charge is 0.0431 e. The first-order valence-corrected chi connectivity index (χ1v) is 6.51. The number of aliphatic hydroxyl groups is 1. The fourth-order valence-electron chi connectivity index (χ4n) is 1.70. The molecule has 0 bridgehead atoms. The fourth-order valence-corrected chi connectivity index (χ4v) is 1.70. The third-order valence-corrected chi connectivity index (χ3v) is 2.75. The van der Waals surface area contributed by atoms with Gasteiger partial charge in [0.2, 0.25) is 0 Å². The zero-order chi connectivity index (χ0) is 11.5. The lowest BCUT2D eigenvalue weighted by Crippen LogP contribution is -2.26. The van der Waals surface area contributed by atoms with Crippen molar-refractivity contribution in [3.8, 4) is 0 Å². The largest absolute Gasteiger partial charge is 0.396 e. The first-order chi connectivity index (χ1) is 7.16. The van der Waals surface area contributed by atoms with Crippen molar-refractivity contribution in [2.24, 2.45) is 5.92 Å². The summed E-state index contributed by atoms with van der Waals surface area (Å²) in [6.45, 7) is 8.28. The molecular formula is C13H29NO. The molecule has 2 N–H and O–H groups in total. The number of unbranched alkanes of at least 4 members (excludes halogenated alkanes) is 2. The summed E-state index contributed by atoms with van der Waals surface area (Å²) in [5.41, 5.74) is 0. The molecular weight excluding hydrogens is 186 g/mol. The minimum Gasteiger partial charge on any atom is -0.396 e. The molecule has 92 valence electrons. The summed E-state index contributed by atoms with van der Waals surface area (Å²) >= 11 is 0. The molecule has 0 aromatic rings. The number of aliphatic hydroxyl groups excluding tert-OH is 1. The summed E-state index contributed by atoms with van der Waals surface area (Å²) in [6.07, 6.45) is 7.25. The van der Waals surface area contributed by atoms with Crippen molar-refractivity contribution in [1.82, 2.24) is 5.32 Å². The van der Waals surface area contributed by atoms with Crippen LogP contribution in [-0.2, 0) is 0 Å². The fraction of sp³-hybridized carbons (Fsp3) is 1.00. The molecule has 1 unspecified atom stereocenters. The maximum absolute atomic E-state index is 8.62. The predicted octanol–water partition coefficient (Wildman–Crippen LogP) is 2.95. The maximum Gasteiger partial charge on any atom is 0.0431 e. The summed E-state index contributed by atoms with van der Waals surface area (Å²) < 4.78 is 0. The van der Waals surface area contributed by atoms with Crippen LogP contribution >= 0.6 is 0 Å². The molecule has 0 aliphatic rings. The van der Waals surface area contributed by atoms with Gasteiger partial charge in [0.15, 0.2) is 0 Å². The quantitative estimate of drug-likeness (QED) is 0.549. The van der Waals surface area contributed by atoms with E-state index in [1.807, 2.05) is 0 Å². The van der Waals surface area contributed by atoms with E-state index in [-0.39, 0.29) is 0 Å². The van der Waals surface area contributed by atoms with Crippen molar-refractivity contribution in [3.05, 3.63) is 0 Å². The summed E-state index contributed by atoms with van der Waals surface area (Å²) in [4.78, 5) is 0. The summed E-state index contributed by atoms with van der Waals surface area (Å²) in [5, 5.41) is 12.2. The molecule has 0 spiro atoms. The Bertz CT molecular complexity index is 126. The zero-order valence-electron chi connectivity index (χ0n) is 10.8. The highest BCUT2D eigenvalue weighted by atomic mass is 16.2. The van der Waals surface area contributed by atoms with E-state index in [0.29, 0.717) is 12.6 Å². The summed E-state index contributed by atoms with van der Waals surface area (Å²) in [5.74, 6) is 0.835. The predicted molar refractivity (Wildman–Crippen MR) is 67.1 cm³/mol. The van der Waals surface area contributed by atoms with Gasteiger partial charge in [0.05, 0.1) is 0 Å². The van der Waals surface area contributed by atoms with Gasteiger partial charge in [-0.05, 0) is 45.1 Å². The Morgan fingerprint density at radius 2 is 1.67 bits per heavy atom. The van der Waals surface area contributed by atoms with Crippen LogP contribution in [0.15, 0.2) is 0 Å². The van der Waals surface area contributed by atoms with Gasteiger partial charge in [0, 0.05) is 12.6 Å². The van der Waals surface area contributed by atoms with Crippen LogP contribution in [0.1, 0.15) is 59.3 Å². The second kappa shape index (κ2) is 10.4. The number of hydrogen-bond acceptors (Lipinski definition) is 2. The summed E-state index contributed by atoms with van der Waals surface area (Å²) in [6, 6.07) is 0.651. The van der Waals surface area contributed by atoms with Crippen LogP contribution in [0.2, 0.25) is 0 Å². The van der Waals surface area contributed by atoms with E-state index >= 15 is 0 Å². The Labute approximate surface area is 95.5 Å². The highest BCUT2D eigenvalue weighted by Gasteiger charge is 2.01. The summed E-state index contributed by atoms with van der Waals surface area (Å²) in [7, 11) is 0. The molecule has 15 heavy (non-hydrogen) atoms. The van der Waals surface area contributed by atoms with E-state index in [2.05, 4.69) is 26.1 Å². The van der Waals surface area contributed by atoms with Crippen LogP contribution in [0.3, 0.4) is 0 Å². The normalized spacial score (nSPS) is 13.4. The van der Waals surface area contributed by atoms with Crippen molar-refractivity contribution < 1.29 is 5.11 Å². The molecule has 0 aromatic carbocycles. The van der Waals surface area contributed by atoms with Crippen LogP contribution in [0.5, 0.6) is 0 Å². The number of hydrogen-bond donors (Lipinski definition) is 2. The molecule has 0 aromatic heterocycles. The number of nitrogens with one attached hydrogen (secondary N) is 1. The van der Waals surface area contributed by atoms with Gasteiger partial charge in [-0.25, -0.2) is 0 Å². The SMILES string of the molecule is CC(C)CCCC(C)NCCCCCO. The van der Waals surface area contributed by atoms with Crippen LogP contribution in [0, 0.1) is 5.92 Å². The molecule has 2 nitrogen and oxygen atoms in total. The zero-order valence-corrected chi connectivity index (χ0v) is 10.8. The van der Waals surface area contributed by atoms with Gasteiger partial charge in [-0.1, -0.05) is 26.7 Å². The van der Waals surface area contributed by atoms with Crippen LogP contribution in [0.4, 0.5) is 0 Å². The monoisotopic (exact) mass is 215 g/mol. The second-order valence-electron chi connectivity index (χ2n) is 4.96. The van der Waals surface area contributed by atoms with Gasteiger partial charge in [-0.15, -0.1) is 0 Å². The van der Waals surface area contributed by atoms with E-state index in [1.54, 1.807) is 0 Å². The number of rotatable bonds is 10. The molecule has 2 heteroatoms. The second-order valence-corrected chi connectivity index (χ2v) is 4.96. The van der Waals surface area contributed by atoms with E-state index in [0.717, 1.165) is 25.3 Å². The molecule has 0 aliphatic carbocycles. The third kappa shape index (κ3) is 11.8. The van der Waals surface area contributed by atoms with Gasteiger partial charge in [-0.3, -0.25) is 0 Å². The Balaban J connectivity index is 3.15. The molecule has 0 saturated carbocycles. The molecule has 0 radical (unpaired) electrons. The van der Waals surface area contributed by atoms with E-state index < -0.39 is 0 Å². The highest BCUT2D eigenvalue weighted by Crippen LogP contribution is 2.08. The van der Waals surface area contributed by atoms with Crippen molar-refractivity contribution >= 4 is 0 Å². The van der Waals surface area contributed by atoms with Crippen LogP contribution in [-0.4, -0.2) is 24.3 Å². The van der Waals surface area contributed by atoms with Crippen LogP contribution in [0.25, 0.3) is 0 Å². The standard InChI is InChI=1S/C13H29NO/c1-12(2)8-7-9-13(3)14-10-5-4-6-11-15/h12-15H,4-11H2,1-3H3. The van der Waals surface area contributed by atoms with Gasteiger partial charge in [0.1, 0.15) is 0 Å². The van der Waals surface area contributed by atoms with Crippen molar-refractivity contribution in [2.75, 3.05) is 13.2 Å². The van der Waals surface area contributed by atoms with E-state index in [1.165, 1.54) is 25.7 Å². The minimum atomic E-state index is 0.337. The molecule has 0 aliphatic heterocycles. The van der Waals surface area contributed by atoms with Gasteiger partial charge in [0.25, 0.3) is 0 Å². The highest BCUT2D eigenvalue weighted by molar-refractivity contribution is 4.61. The maximum atomic E-state index is 8.62. The Morgan fingerprint density at radius 1 is 0.933 bits per heavy atom. The van der Waals surface area contributed by atoms with Crippen molar-refractivity contribution in [1.29, 1.82) is 0 Å². The van der Waals surface area contributed by atoms with Crippen molar-refractivity contribution in [3.63, 3.8) is 0 Å². The molecule has 0 fully saturated rings. The Kier molecular flexibility index (Phi) is 10.4. The molecule has 1 atom stereocenters. The lowest BCUT2D eigenvalue weighted by atomic mass is 10.0. The molecule has 0 heterocycles. The lowest BCUT2D eigenvalue weighted by molar-refractivity contribution is 0.282. The Morgan fingerprint density at radius 3 is 2.27 bits per heavy atom. The topological polar surface area (TPSA) is 32.3 Å². The molecule has 0 rings (SSSR count). The molecule has 0 amide bonds. The average Bonchev–Trinajstić information content (AvgIpc) is 2.17.